The predicted octanol–water partition coefficient (Wildman–Crippen LogP) is 4.10. The van der Waals surface area contributed by atoms with Crippen LogP contribution in [0.25, 0.3) is 0 Å². The molecule has 0 radical (unpaired) electrons. The van der Waals surface area contributed by atoms with Crippen molar-refractivity contribution in [3.8, 4) is 5.75 Å². The van der Waals surface area contributed by atoms with Gasteiger partial charge in [0.2, 0.25) is 0 Å². The van der Waals surface area contributed by atoms with Crippen LogP contribution in [0, 0.1) is 0 Å². The smallest absolute Gasteiger partial charge is 0.410 e. The van der Waals surface area contributed by atoms with E-state index < -0.39 is 26.9 Å². The molecular formula is C21H30N2O4S. The van der Waals surface area contributed by atoms with Crippen molar-refractivity contribution in [2.45, 2.75) is 70.3 Å². The number of likely N-dealkylation sites (tertiary alicyclic amines) is 1. The molecule has 1 fully saturated rings. The van der Waals surface area contributed by atoms with Crippen molar-refractivity contribution in [2.24, 2.45) is 4.40 Å². The lowest BCUT2D eigenvalue weighted by Gasteiger charge is -2.39. The van der Waals surface area contributed by atoms with Crippen molar-refractivity contribution in [2.75, 3.05) is 13.1 Å². The first-order valence-corrected chi connectivity index (χ1v) is 10.8. The lowest BCUT2D eigenvalue weighted by Crippen LogP contribution is -2.53. The van der Waals surface area contributed by atoms with E-state index in [4.69, 9.17) is 9.47 Å². The minimum Gasteiger partial charge on any atom is -0.480 e. The van der Waals surface area contributed by atoms with Crippen LogP contribution in [0.5, 0.6) is 5.75 Å². The molecule has 1 saturated heterocycles. The Bertz CT molecular complexity index is 812. The summed E-state index contributed by atoms with van der Waals surface area (Å²) >= 11 is 0. The molecule has 2 heterocycles. The van der Waals surface area contributed by atoms with Crippen LogP contribution in [0.4, 0.5) is 4.79 Å². The third-order valence-electron chi connectivity index (χ3n) is 4.80. The zero-order valence-corrected chi connectivity index (χ0v) is 18.4. The molecular weight excluding hydrogens is 376 g/mol. The molecule has 1 spiro atoms. The normalized spacial score (nSPS) is 21.4. The van der Waals surface area contributed by atoms with E-state index in [1.54, 1.807) is 4.90 Å². The number of rotatable bonds is 1. The van der Waals surface area contributed by atoms with Gasteiger partial charge < -0.3 is 14.4 Å². The SMILES string of the molecule is CC(C)(C)OC(=O)N1CCC2(CC1)Oc1ccccc1/C2=N\[S@](=O)C(C)(C)C. The molecule has 0 unspecified atom stereocenters. The van der Waals surface area contributed by atoms with Crippen LogP contribution in [0.1, 0.15) is 59.9 Å². The average molecular weight is 407 g/mol. The van der Waals surface area contributed by atoms with Gasteiger partial charge >= 0.3 is 6.09 Å². The molecule has 1 aromatic carbocycles. The van der Waals surface area contributed by atoms with Gasteiger partial charge in [0.15, 0.2) is 5.60 Å². The quantitative estimate of drug-likeness (QED) is 0.704. The third-order valence-corrected chi connectivity index (χ3v) is 6.20. The van der Waals surface area contributed by atoms with Crippen molar-refractivity contribution in [3.63, 3.8) is 0 Å². The molecule has 1 aromatic rings. The Hall–Kier alpha value is -1.89. The highest BCUT2D eigenvalue weighted by Gasteiger charge is 2.49. The van der Waals surface area contributed by atoms with Crippen LogP contribution in [0.15, 0.2) is 28.7 Å². The number of carbonyl (C=O) groups excluding carboxylic acids is 1. The lowest BCUT2D eigenvalue weighted by molar-refractivity contribution is 0.00608. The fraction of sp³-hybridized carbons (Fsp3) is 0.619. The molecule has 7 heteroatoms. The monoisotopic (exact) mass is 406 g/mol. The first-order chi connectivity index (χ1) is 12.9. The number of ether oxygens (including phenoxy) is 2. The molecule has 28 heavy (non-hydrogen) atoms. The highest BCUT2D eigenvalue weighted by atomic mass is 32.2. The van der Waals surface area contributed by atoms with E-state index in [9.17, 15) is 9.00 Å². The van der Waals surface area contributed by atoms with Crippen molar-refractivity contribution >= 4 is 22.8 Å². The third kappa shape index (κ3) is 4.24. The Morgan fingerprint density at radius 3 is 2.32 bits per heavy atom. The highest BCUT2D eigenvalue weighted by molar-refractivity contribution is 7.85. The van der Waals surface area contributed by atoms with Crippen LogP contribution < -0.4 is 4.74 Å². The van der Waals surface area contributed by atoms with Crippen LogP contribution in [-0.4, -0.2) is 50.0 Å². The summed E-state index contributed by atoms with van der Waals surface area (Å²) in [4.78, 5) is 14.1. The molecule has 0 bridgehead atoms. The molecule has 6 nitrogen and oxygen atoms in total. The summed E-state index contributed by atoms with van der Waals surface area (Å²) in [5.41, 5.74) is 0.456. The van der Waals surface area contributed by atoms with E-state index in [0.29, 0.717) is 25.9 Å². The fourth-order valence-electron chi connectivity index (χ4n) is 3.32. The topological polar surface area (TPSA) is 68.2 Å². The minimum atomic E-state index is -1.39. The summed E-state index contributed by atoms with van der Waals surface area (Å²) in [7, 11) is -1.39. The van der Waals surface area contributed by atoms with E-state index in [0.717, 1.165) is 17.0 Å². The number of amides is 1. The number of hydrogen-bond acceptors (Lipinski definition) is 4. The van der Waals surface area contributed by atoms with Crippen LogP contribution >= 0.6 is 0 Å². The molecule has 0 saturated carbocycles. The van der Waals surface area contributed by atoms with E-state index >= 15 is 0 Å². The number of para-hydroxylation sites is 1. The summed E-state index contributed by atoms with van der Waals surface area (Å²) in [6, 6.07) is 7.74. The number of carbonyl (C=O) groups is 1. The Labute approximate surface area is 169 Å². The minimum absolute atomic E-state index is 0.311. The zero-order chi connectivity index (χ0) is 20.7. The van der Waals surface area contributed by atoms with Crippen LogP contribution in [-0.2, 0) is 15.7 Å². The van der Waals surface area contributed by atoms with Gasteiger partial charge in [-0.15, -0.1) is 0 Å². The molecule has 2 aliphatic rings. The van der Waals surface area contributed by atoms with E-state index in [2.05, 4.69) is 4.40 Å². The first kappa shape index (κ1) is 20.8. The van der Waals surface area contributed by atoms with Crippen molar-refractivity contribution < 1.29 is 18.5 Å². The molecule has 0 N–H and O–H groups in total. The first-order valence-electron chi connectivity index (χ1n) is 9.69. The van der Waals surface area contributed by atoms with Gasteiger partial charge in [0.25, 0.3) is 0 Å². The molecule has 3 rings (SSSR count). The van der Waals surface area contributed by atoms with E-state index in [1.165, 1.54) is 0 Å². The van der Waals surface area contributed by atoms with Gasteiger partial charge in [0, 0.05) is 31.5 Å². The van der Waals surface area contributed by atoms with Crippen LogP contribution in [0.2, 0.25) is 0 Å². The molecule has 1 amide bonds. The maximum Gasteiger partial charge on any atom is 0.410 e. The summed E-state index contributed by atoms with van der Waals surface area (Å²) in [6.45, 7) is 12.3. The highest BCUT2D eigenvalue weighted by Crippen LogP contribution is 2.42. The number of nitrogens with zero attached hydrogens (tertiary/aromatic N) is 2. The number of hydrogen-bond donors (Lipinski definition) is 0. The molecule has 1 atom stereocenters. The summed E-state index contributed by atoms with van der Waals surface area (Å²) in [6.07, 6.45) is 0.858. The van der Waals surface area contributed by atoms with Crippen molar-refractivity contribution in [3.05, 3.63) is 29.8 Å². The maximum atomic E-state index is 12.8. The second kappa shape index (κ2) is 7.17. The Balaban J connectivity index is 1.86. The standard InChI is InChI=1S/C21H30N2O4S/c1-19(2,3)27-18(24)23-13-11-21(12-14-23)17(22-28(25)20(4,5)6)15-9-7-8-10-16(15)26-21/h7-10H,11-14H2,1-6H3/b22-17+/t28-/m1/s1. The van der Waals surface area contributed by atoms with Gasteiger partial charge in [-0.3, -0.25) is 0 Å². The van der Waals surface area contributed by atoms with Gasteiger partial charge in [0.1, 0.15) is 28.0 Å². The van der Waals surface area contributed by atoms with E-state index in [-0.39, 0.29) is 6.09 Å². The van der Waals surface area contributed by atoms with Crippen molar-refractivity contribution in [1.29, 1.82) is 0 Å². The van der Waals surface area contributed by atoms with Crippen LogP contribution in [0.3, 0.4) is 0 Å². The predicted molar refractivity (Wildman–Crippen MR) is 111 cm³/mol. The average Bonchev–Trinajstić information content (AvgIpc) is 2.86. The second-order valence-corrected chi connectivity index (χ2v) is 11.3. The molecule has 0 aromatic heterocycles. The number of benzene rings is 1. The maximum absolute atomic E-state index is 12.8. The second-order valence-electron chi connectivity index (χ2n) is 9.36. The Kier molecular flexibility index (Phi) is 5.34. The van der Waals surface area contributed by atoms with Gasteiger partial charge in [-0.05, 0) is 53.7 Å². The molecule has 0 aliphatic carbocycles. The lowest BCUT2D eigenvalue weighted by atomic mass is 9.85. The summed E-state index contributed by atoms with van der Waals surface area (Å²) in [5, 5.41) is 0. The van der Waals surface area contributed by atoms with Gasteiger partial charge in [-0.1, -0.05) is 12.1 Å². The largest absolute Gasteiger partial charge is 0.480 e. The van der Waals surface area contributed by atoms with Gasteiger partial charge in [-0.2, -0.15) is 4.40 Å². The number of fused-ring (bicyclic) bond motifs is 1. The van der Waals surface area contributed by atoms with Crippen molar-refractivity contribution in [1.82, 2.24) is 4.90 Å². The molecule has 154 valence electrons. The van der Waals surface area contributed by atoms with Gasteiger partial charge in [-0.25, -0.2) is 9.00 Å². The Morgan fingerprint density at radius 2 is 1.75 bits per heavy atom. The summed E-state index contributed by atoms with van der Waals surface area (Å²) in [5.74, 6) is 0.762. The Morgan fingerprint density at radius 1 is 1.14 bits per heavy atom. The fourth-order valence-corrected chi connectivity index (χ4v) is 4.03. The molecule has 2 aliphatic heterocycles. The van der Waals surface area contributed by atoms with Gasteiger partial charge in [0.05, 0.1) is 4.75 Å². The zero-order valence-electron chi connectivity index (χ0n) is 17.6. The van der Waals surface area contributed by atoms with E-state index in [1.807, 2.05) is 65.8 Å². The summed E-state index contributed by atoms with van der Waals surface area (Å²) < 4.78 is 28.8. The number of piperidine rings is 1.